The average Bonchev–Trinajstić information content (AvgIpc) is 2.40. The van der Waals surface area contributed by atoms with Crippen molar-refractivity contribution in [2.45, 2.75) is 0 Å². The van der Waals surface area contributed by atoms with Gasteiger partial charge in [-0.3, -0.25) is 10.1 Å². The summed E-state index contributed by atoms with van der Waals surface area (Å²) >= 11 is 6.07. The summed E-state index contributed by atoms with van der Waals surface area (Å²) in [5.41, 5.74) is 7.32. The predicted octanol–water partition coefficient (Wildman–Crippen LogP) is 3.53. The van der Waals surface area contributed by atoms with E-state index >= 15 is 0 Å². The molecule has 5 nitrogen and oxygen atoms in total. The molecule has 0 aliphatic rings. The number of non-ortho nitro benzene ring substituents is 1. The number of hydrogen-bond donors (Lipinski definition) is 1. The molecular weight excluding hydrogens is 266 g/mol. The third kappa shape index (κ3) is 1.67. The quantitative estimate of drug-likeness (QED) is 0.418. The molecule has 0 aliphatic carbocycles. The first kappa shape index (κ1) is 11.7. The molecular formula is C13H8ClN3O2. The summed E-state index contributed by atoms with van der Waals surface area (Å²) in [6, 6.07) is 10.0. The molecule has 2 N–H and O–H groups in total. The number of anilines is 1. The van der Waals surface area contributed by atoms with Crippen LogP contribution in [0.15, 0.2) is 36.4 Å². The largest absolute Gasteiger partial charge is 0.397 e. The lowest BCUT2D eigenvalue weighted by molar-refractivity contribution is -0.383. The number of hydrogen-bond acceptors (Lipinski definition) is 4. The number of fused-ring (bicyclic) bond motifs is 2. The molecule has 0 unspecified atom stereocenters. The van der Waals surface area contributed by atoms with E-state index < -0.39 is 4.92 Å². The lowest BCUT2D eigenvalue weighted by Crippen LogP contribution is -1.97. The van der Waals surface area contributed by atoms with Crippen molar-refractivity contribution in [3.8, 4) is 0 Å². The van der Waals surface area contributed by atoms with Crippen LogP contribution < -0.4 is 5.73 Å². The van der Waals surface area contributed by atoms with Crippen LogP contribution in [0.5, 0.6) is 0 Å². The Balaban J connectivity index is 2.61. The number of benzene rings is 2. The van der Waals surface area contributed by atoms with Gasteiger partial charge in [-0.1, -0.05) is 29.8 Å². The Morgan fingerprint density at radius 3 is 2.68 bits per heavy atom. The SMILES string of the molecule is Nc1c2ccccc2nc2c(Cl)ccc([N+](=O)[O-])c12. The number of nitrogens with two attached hydrogens (primary N) is 1. The maximum Gasteiger partial charge on any atom is 0.280 e. The number of para-hydroxylation sites is 1. The van der Waals surface area contributed by atoms with Crippen LogP contribution in [0.25, 0.3) is 21.8 Å². The smallest absolute Gasteiger partial charge is 0.280 e. The standard InChI is InChI=1S/C13H8ClN3O2/c14-8-5-6-10(17(18)19)11-12(15)7-3-1-2-4-9(7)16-13(8)11/h1-6H,(H2,15,16). The van der Waals surface area contributed by atoms with Crippen LogP contribution >= 0.6 is 11.6 Å². The van der Waals surface area contributed by atoms with E-state index in [9.17, 15) is 10.1 Å². The van der Waals surface area contributed by atoms with Gasteiger partial charge in [-0.2, -0.15) is 0 Å². The minimum Gasteiger partial charge on any atom is -0.397 e. The van der Waals surface area contributed by atoms with Crippen molar-refractivity contribution in [2.24, 2.45) is 0 Å². The van der Waals surface area contributed by atoms with Gasteiger partial charge in [0.05, 0.1) is 26.7 Å². The lowest BCUT2D eigenvalue weighted by Gasteiger charge is -2.08. The third-order valence-corrected chi connectivity index (χ3v) is 3.30. The summed E-state index contributed by atoms with van der Waals surface area (Å²) in [6.07, 6.45) is 0. The third-order valence-electron chi connectivity index (χ3n) is 3.00. The molecule has 1 aromatic heterocycles. The van der Waals surface area contributed by atoms with Crippen LogP contribution in [0.2, 0.25) is 5.02 Å². The van der Waals surface area contributed by atoms with Gasteiger partial charge in [0.25, 0.3) is 5.69 Å². The Kier molecular flexibility index (Phi) is 2.50. The molecule has 3 aromatic rings. The predicted molar refractivity (Wildman–Crippen MR) is 75.3 cm³/mol. The fourth-order valence-corrected chi connectivity index (χ4v) is 2.34. The zero-order valence-electron chi connectivity index (χ0n) is 9.63. The molecule has 3 rings (SSSR count). The van der Waals surface area contributed by atoms with E-state index in [2.05, 4.69) is 4.98 Å². The van der Waals surface area contributed by atoms with Gasteiger partial charge >= 0.3 is 0 Å². The molecule has 94 valence electrons. The van der Waals surface area contributed by atoms with Crippen molar-refractivity contribution in [3.63, 3.8) is 0 Å². The molecule has 0 saturated heterocycles. The lowest BCUT2D eigenvalue weighted by atomic mass is 10.1. The highest BCUT2D eigenvalue weighted by Crippen LogP contribution is 2.37. The van der Waals surface area contributed by atoms with Crippen molar-refractivity contribution in [1.82, 2.24) is 4.98 Å². The van der Waals surface area contributed by atoms with Gasteiger partial charge in [0, 0.05) is 11.5 Å². The minimum atomic E-state index is -0.481. The number of nitro groups is 1. The highest BCUT2D eigenvalue weighted by Gasteiger charge is 2.19. The zero-order valence-corrected chi connectivity index (χ0v) is 10.4. The summed E-state index contributed by atoms with van der Waals surface area (Å²) in [4.78, 5) is 15.0. The number of nitrogen functional groups attached to an aromatic ring is 1. The monoisotopic (exact) mass is 273 g/mol. The second-order valence-electron chi connectivity index (χ2n) is 4.09. The number of nitrogens with zero attached hydrogens (tertiary/aromatic N) is 2. The van der Waals surface area contributed by atoms with E-state index in [0.717, 1.165) is 0 Å². The van der Waals surface area contributed by atoms with Crippen LogP contribution in [-0.4, -0.2) is 9.91 Å². The highest BCUT2D eigenvalue weighted by molar-refractivity contribution is 6.36. The first-order chi connectivity index (χ1) is 9.09. The number of pyridine rings is 1. The summed E-state index contributed by atoms with van der Waals surface area (Å²) in [5, 5.41) is 12.4. The van der Waals surface area contributed by atoms with Gasteiger partial charge in [-0.25, -0.2) is 4.98 Å². The molecule has 0 atom stereocenters. The highest BCUT2D eigenvalue weighted by atomic mass is 35.5. The molecule has 0 radical (unpaired) electrons. The maximum absolute atomic E-state index is 11.1. The number of nitro benzene ring substituents is 1. The van der Waals surface area contributed by atoms with Gasteiger partial charge in [-0.05, 0) is 12.1 Å². The summed E-state index contributed by atoms with van der Waals surface area (Å²) in [7, 11) is 0. The number of halogens is 1. The molecule has 0 fully saturated rings. The normalized spacial score (nSPS) is 11.0. The number of aromatic nitrogens is 1. The van der Waals surface area contributed by atoms with E-state index in [1.807, 2.05) is 12.1 Å². The van der Waals surface area contributed by atoms with Crippen LogP contribution in [0.4, 0.5) is 11.4 Å². The first-order valence-electron chi connectivity index (χ1n) is 5.50. The van der Waals surface area contributed by atoms with Crippen LogP contribution in [0.1, 0.15) is 0 Å². The van der Waals surface area contributed by atoms with Crippen molar-refractivity contribution in [3.05, 3.63) is 51.5 Å². The minimum absolute atomic E-state index is 0.0878. The number of rotatable bonds is 1. The van der Waals surface area contributed by atoms with Crippen LogP contribution in [-0.2, 0) is 0 Å². The van der Waals surface area contributed by atoms with Gasteiger partial charge in [0.1, 0.15) is 5.39 Å². The Labute approximate surface area is 112 Å². The van der Waals surface area contributed by atoms with Crippen molar-refractivity contribution in [2.75, 3.05) is 5.73 Å². The molecule has 1 heterocycles. The summed E-state index contributed by atoms with van der Waals surface area (Å²) in [6.45, 7) is 0. The molecule has 0 spiro atoms. The second-order valence-corrected chi connectivity index (χ2v) is 4.50. The molecule has 19 heavy (non-hydrogen) atoms. The van der Waals surface area contributed by atoms with E-state index in [1.54, 1.807) is 12.1 Å². The average molecular weight is 274 g/mol. The van der Waals surface area contributed by atoms with Crippen molar-refractivity contribution >= 4 is 44.8 Å². The van der Waals surface area contributed by atoms with Crippen LogP contribution in [0, 0.1) is 10.1 Å². The van der Waals surface area contributed by atoms with Gasteiger partial charge in [0.15, 0.2) is 0 Å². The maximum atomic E-state index is 11.1. The Morgan fingerprint density at radius 1 is 1.21 bits per heavy atom. The van der Waals surface area contributed by atoms with E-state index in [-0.39, 0.29) is 11.1 Å². The molecule has 0 saturated carbocycles. The fourth-order valence-electron chi connectivity index (χ4n) is 2.14. The zero-order chi connectivity index (χ0) is 13.6. The molecule has 0 amide bonds. The Hall–Kier alpha value is -2.40. The van der Waals surface area contributed by atoms with Gasteiger partial charge in [0.2, 0.25) is 0 Å². The molecule has 0 bridgehead atoms. The molecule has 2 aromatic carbocycles. The van der Waals surface area contributed by atoms with Crippen LogP contribution in [0.3, 0.4) is 0 Å². The molecule has 0 aliphatic heterocycles. The Bertz CT molecular complexity index is 833. The van der Waals surface area contributed by atoms with Gasteiger partial charge < -0.3 is 5.73 Å². The molecule has 6 heteroatoms. The summed E-state index contributed by atoms with van der Waals surface area (Å²) in [5.74, 6) is 0. The summed E-state index contributed by atoms with van der Waals surface area (Å²) < 4.78 is 0. The first-order valence-corrected chi connectivity index (χ1v) is 5.88. The van der Waals surface area contributed by atoms with E-state index in [4.69, 9.17) is 17.3 Å². The van der Waals surface area contributed by atoms with Gasteiger partial charge in [-0.15, -0.1) is 0 Å². The second kappa shape index (κ2) is 4.07. The van der Waals surface area contributed by atoms with E-state index in [1.165, 1.54) is 12.1 Å². The fraction of sp³-hybridized carbons (Fsp3) is 0. The van der Waals surface area contributed by atoms with Crippen molar-refractivity contribution in [1.29, 1.82) is 0 Å². The topological polar surface area (TPSA) is 82.0 Å². The van der Waals surface area contributed by atoms with Crippen molar-refractivity contribution < 1.29 is 4.92 Å². The Morgan fingerprint density at radius 2 is 1.95 bits per heavy atom. The van der Waals surface area contributed by atoms with E-state index in [0.29, 0.717) is 27.1 Å².